The number of nitrogens with zero attached hydrogens (tertiary/aromatic N) is 1. The number of carbonyl (C=O) groups excluding carboxylic acids is 1. The summed E-state index contributed by atoms with van der Waals surface area (Å²) < 4.78 is 0. The molecule has 86 valence electrons. The molecule has 4 heteroatoms. The number of nitrogens with two attached hydrogens (primary N) is 2. The molecular formula is C11H21N3O. The van der Waals surface area contributed by atoms with Crippen molar-refractivity contribution in [1.29, 1.82) is 0 Å². The number of unbranched alkanes of at least 4 members (excludes halogenated alkanes) is 2. The molecule has 0 saturated carbocycles. The number of hydrogen-bond acceptors (Lipinski definition) is 2. The van der Waals surface area contributed by atoms with E-state index in [0.29, 0.717) is 13.0 Å². The Kier molecular flexibility index (Phi) is 7.32. The van der Waals surface area contributed by atoms with Gasteiger partial charge in [0.1, 0.15) is 0 Å². The number of hydrogen-bond donors (Lipinski definition) is 2. The molecule has 0 bridgehead atoms. The van der Waals surface area contributed by atoms with Crippen molar-refractivity contribution in [2.45, 2.75) is 39.5 Å². The summed E-state index contributed by atoms with van der Waals surface area (Å²) >= 11 is 0. The van der Waals surface area contributed by atoms with E-state index in [9.17, 15) is 4.79 Å². The van der Waals surface area contributed by atoms with Crippen molar-refractivity contribution >= 4 is 11.7 Å². The van der Waals surface area contributed by atoms with E-state index in [1.54, 1.807) is 0 Å². The second-order valence-corrected chi connectivity index (χ2v) is 3.51. The molecule has 0 unspecified atom stereocenters. The Morgan fingerprint density at radius 1 is 1.27 bits per heavy atom. The standard InChI is InChI=1S/C11H21N3O/c1-3-9(2)10(15)7-5-4-6-8-14-11(12)13/h3H,4-8H2,1-2H3,(H4,12,13,14). The zero-order valence-corrected chi connectivity index (χ0v) is 9.62. The van der Waals surface area contributed by atoms with Crippen LogP contribution in [0.2, 0.25) is 0 Å². The Bertz CT molecular complexity index is 253. The Morgan fingerprint density at radius 3 is 2.47 bits per heavy atom. The van der Waals surface area contributed by atoms with Gasteiger partial charge < -0.3 is 11.5 Å². The summed E-state index contributed by atoms with van der Waals surface area (Å²) in [6.07, 6.45) is 5.29. The number of carbonyl (C=O) groups is 1. The highest BCUT2D eigenvalue weighted by atomic mass is 16.1. The van der Waals surface area contributed by atoms with Crippen LogP contribution in [0.5, 0.6) is 0 Å². The monoisotopic (exact) mass is 211 g/mol. The van der Waals surface area contributed by atoms with Gasteiger partial charge in [0, 0.05) is 13.0 Å². The van der Waals surface area contributed by atoms with Crippen molar-refractivity contribution in [3.05, 3.63) is 11.6 Å². The second-order valence-electron chi connectivity index (χ2n) is 3.51. The van der Waals surface area contributed by atoms with Crippen LogP contribution in [0.3, 0.4) is 0 Å². The van der Waals surface area contributed by atoms with E-state index in [0.717, 1.165) is 24.8 Å². The third kappa shape index (κ3) is 7.73. The van der Waals surface area contributed by atoms with Gasteiger partial charge in [0.25, 0.3) is 0 Å². The van der Waals surface area contributed by atoms with Crippen LogP contribution in [0.15, 0.2) is 16.6 Å². The number of ketones is 1. The highest BCUT2D eigenvalue weighted by Crippen LogP contribution is 2.05. The summed E-state index contributed by atoms with van der Waals surface area (Å²) in [5, 5.41) is 0. The summed E-state index contributed by atoms with van der Waals surface area (Å²) in [6, 6.07) is 0. The number of rotatable bonds is 7. The van der Waals surface area contributed by atoms with Crippen LogP contribution in [0.25, 0.3) is 0 Å². The summed E-state index contributed by atoms with van der Waals surface area (Å²) in [7, 11) is 0. The minimum Gasteiger partial charge on any atom is -0.370 e. The lowest BCUT2D eigenvalue weighted by atomic mass is 10.1. The topological polar surface area (TPSA) is 81.5 Å². The van der Waals surface area contributed by atoms with Crippen molar-refractivity contribution in [2.24, 2.45) is 16.5 Å². The van der Waals surface area contributed by atoms with E-state index >= 15 is 0 Å². The van der Waals surface area contributed by atoms with Gasteiger partial charge in [-0.25, -0.2) is 0 Å². The fourth-order valence-electron chi connectivity index (χ4n) is 1.14. The van der Waals surface area contributed by atoms with Crippen molar-refractivity contribution in [1.82, 2.24) is 0 Å². The van der Waals surface area contributed by atoms with Crippen LogP contribution in [-0.2, 0) is 4.79 Å². The molecule has 0 spiro atoms. The SMILES string of the molecule is CC=C(C)C(=O)CCCCCN=C(N)N. The number of aliphatic imine (C=N–C) groups is 1. The molecule has 0 amide bonds. The average Bonchev–Trinajstić information content (AvgIpc) is 2.21. The lowest BCUT2D eigenvalue weighted by Gasteiger charge is -2.00. The minimum absolute atomic E-state index is 0.135. The summed E-state index contributed by atoms with van der Waals surface area (Å²) in [4.78, 5) is 15.2. The molecule has 0 aliphatic rings. The van der Waals surface area contributed by atoms with Gasteiger partial charge in [-0.05, 0) is 32.3 Å². The lowest BCUT2D eigenvalue weighted by Crippen LogP contribution is -2.22. The van der Waals surface area contributed by atoms with E-state index in [1.165, 1.54) is 0 Å². The summed E-state index contributed by atoms with van der Waals surface area (Å²) in [6.45, 7) is 4.38. The van der Waals surface area contributed by atoms with E-state index in [2.05, 4.69) is 4.99 Å². The third-order valence-corrected chi connectivity index (χ3v) is 2.23. The molecule has 15 heavy (non-hydrogen) atoms. The van der Waals surface area contributed by atoms with Crippen LogP contribution in [0.1, 0.15) is 39.5 Å². The van der Waals surface area contributed by atoms with E-state index in [1.807, 2.05) is 19.9 Å². The molecule has 0 aromatic rings. The first-order valence-electron chi connectivity index (χ1n) is 5.29. The van der Waals surface area contributed by atoms with E-state index in [4.69, 9.17) is 11.5 Å². The summed E-state index contributed by atoms with van der Waals surface area (Å²) in [5.41, 5.74) is 11.2. The molecule has 0 atom stereocenters. The highest BCUT2D eigenvalue weighted by Gasteiger charge is 2.02. The van der Waals surface area contributed by atoms with E-state index < -0.39 is 0 Å². The van der Waals surface area contributed by atoms with Crippen molar-refractivity contribution in [3.8, 4) is 0 Å². The zero-order chi connectivity index (χ0) is 11.7. The largest absolute Gasteiger partial charge is 0.370 e. The van der Waals surface area contributed by atoms with Crippen LogP contribution >= 0.6 is 0 Å². The molecule has 0 aliphatic carbocycles. The fraction of sp³-hybridized carbons (Fsp3) is 0.636. The van der Waals surface area contributed by atoms with Gasteiger partial charge in [-0.15, -0.1) is 0 Å². The van der Waals surface area contributed by atoms with Gasteiger partial charge in [-0.3, -0.25) is 9.79 Å². The van der Waals surface area contributed by atoms with Gasteiger partial charge in [0.05, 0.1) is 0 Å². The maximum absolute atomic E-state index is 11.4. The van der Waals surface area contributed by atoms with Gasteiger partial charge in [0.2, 0.25) is 0 Å². The fourth-order valence-corrected chi connectivity index (χ4v) is 1.14. The number of Topliss-reactive ketones (excluding diaryl/α,β-unsaturated/α-hetero) is 1. The first-order valence-corrected chi connectivity index (χ1v) is 5.29. The molecule has 0 rings (SSSR count). The predicted octanol–water partition coefficient (Wildman–Crippen LogP) is 1.36. The smallest absolute Gasteiger partial charge is 0.185 e. The Balaban J connectivity index is 3.48. The van der Waals surface area contributed by atoms with Crippen LogP contribution in [-0.4, -0.2) is 18.3 Å². The Morgan fingerprint density at radius 2 is 1.93 bits per heavy atom. The Hall–Kier alpha value is -1.32. The van der Waals surface area contributed by atoms with Crippen molar-refractivity contribution in [2.75, 3.05) is 6.54 Å². The van der Waals surface area contributed by atoms with Crippen LogP contribution in [0, 0.1) is 0 Å². The van der Waals surface area contributed by atoms with Gasteiger partial charge in [0.15, 0.2) is 11.7 Å². The quantitative estimate of drug-likeness (QED) is 0.289. The Labute approximate surface area is 91.4 Å². The van der Waals surface area contributed by atoms with Gasteiger partial charge in [-0.2, -0.15) is 0 Å². The molecule has 0 saturated heterocycles. The molecule has 0 heterocycles. The first-order chi connectivity index (χ1) is 7.07. The molecule has 0 fully saturated rings. The van der Waals surface area contributed by atoms with Crippen LogP contribution < -0.4 is 11.5 Å². The number of allylic oxidation sites excluding steroid dienone is 2. The average molecular weight is 211 g/mol. The maximum atomic E-state index is 11.4. The first kappa shape index (κ1) is 13.7. The zero-order valence-electron chi connectivity index (χ0n) is 9.62. The molecule has 0 aromatic heterocycles. The van der Waals surface area contributed by atoms with E-state index in [-0.39, 0.29) is 11.7 Å². The molecular weight excluding hydrogens is 190 g/mol. The lowest BCUT2D eigenvalue weighted by molar-refractivity contribution is -0.115. The molecule has 0 radical (unpaired) electrons. The normalized spacial score (nSPS) is 11.2. The molecule has 0 aromatic carbocycles. The summed E-state index contributed by atoms with van der Waals surface area (Å²) in [5.74, 6) is 0.371. The highest BCUT2D eigenvalue weighted by molar-refractivity contribution is 5.94. The number of guanidine groups is 1. The van der Waals surface area contributed by atoms with Gasteiger partial charge in [-0.1, -0.05) is 12.5 Å². The van der Waals surface area contributed by atoms with Crippen LogP contribution in [0.4, 0.5) is 0 Å². The molecule has 4 nitrogen and oxygen atoms in total. The third-order valence-electron chi connectivity index (χ3n) is 2.23. The van der Waals surface area contributed by atoms with Crippen molar-refractivity contribution in [3.63, 3.8) is 0 Å². The molecule has 0 aliphatic heterocycles. The van der Waals surface area contributed by atoms with Gasteiger partial charge >= 0.3 is 0 Å². The van der Waals surface area contributed by atoms with Crippen molar-refractivity contribution < 1.29 is 4.79 Å². The minimum atomic E-state index is 0.135. The molecule has 4 N–H and O–H groups in total. The maximum Gasteiger partial charge on any atom is 0.185 e. The second kappa shape index (κ2) is 8.03. The predicted molar refractivity (Wildman–Crippen MR) is 63.6 cm³/mol.